The number of nitriles is 1. The van der Waals surface area contributed by atoms with Gasteiger partial charge in [-0.15, -0.1) is 0 Å². The average molecular weight is 675 g/mol. The molecule has 4 saturated heterocycles. The Hall–Kier alpha value is -3.75. The van der Waals surface area contributed by atoms with E-state index in [0.29, 0.717) is 44.1 Å². The predicted octanol–water partition coefficient (Wildman–Crippen LogP) is 5.04. The van der Waals surface area contributed by atoms with Gasteiger partial charge in [0.25, 0.3) is 0 Å². The van der Waals surface area contributed by atoms with E-state index in [0.717, 1.165) is 88.1 Å². The number of hydrogen-bond acceptors (Lipinski definition) is 7. The van der Waals surface area contributed by atoms with Gasteiger partial charge in [-0.05, 0) is 92.6 Å². The predicted molar refractivity (Wildman–Crippen MR) is 182 cm³/mol. The van der Waals surface area contributed by atoms with Crippen molar-refractivity contribution < 1.29 is 23.1 Å². The van der Waals surface area contributed by atoms with E-state index in [1.54, 1.807) is 12.1 Å². The molecule has 9 nitrogen and oxygen atoms in total. The number of benzene rings is 2. The van der Waals surface area contributed by atoms with Crippen molar-refractivity contribution in [3.63, 3.8) is 0 Å². The summed E-state index contributed by atoms with van der Waals surface area (Å²) in [6, 6.07) is 15.0. The van der Waals surface area contributed by atoms with Crippen LogP contribution < -0.4 is 10.2 Å². The Labute approximate surface area is 288 Å². The third-order valence-corrected chi connectivity index (χ3v) is 11.9. The summed E-state index contributed by atoms with van der Waals surface area (Å²) in [6.45, 7) is 6.78. The molecule has 7 rings (SSSR count). The van der Waals surface area contributed by atoms with Crippen molar-refractivity contribution in [1.29, 1.82) is 5.26 Å². The third kappa shape index (κ3) is 6.62. The van der Waals surface area contributed by atoms with Crippen molar-refractivity contribution in [3.05, 3.63) is 65.0 Å². The molecule has 5 fully saturated rings. The number of alkyl carbamates (subject to hydrolysis) is 1. The Morgan fingerprint density at radius 1 is 1.02 bits per heavy atom. The van der Waals surface area contributed by atoms with Crippen molar-refractivity contribution in [3.8, 4) is 6.07 Å². The molecule has 3 atom stereocenters. The minimum Gasteiger partial charge on any atom is -0.453 e. The topological polar surface area (TPSA) is 92.1 Å². The van der Waals surface area contributed by atoms with Crippen LogP contribution >= 0.6 is 0 Å². The second-order valence-electron chi connectivity index (χ2n) is 14.9. The summed E-state index contributed by atoms with van der Waals surface area (Å²) < 4.78 is 33.4. The monoisotopic (exact) mass is 674 g/mol. The van der Waals surface area contributed by atoms with Crippen LogP contribution in [0, 0.1) is 34.9 Å². The molecule has 5 aliphatic rings. The van der Waals surface area contributed by atoms with Crippen LogP contribution in [0.15, 0.2) is 42.5 Å². The molecule has 262 valence electrons. The smallest absolute Gasteiger partial charge is 0.407 e. The maximum Gasteiger partial charge on any atom is 0.407 e. The number of methoxy groups -OCH3 is 1. The second-order valence-corrected chi connectivity index (χ2v) is 14.9. The van der Waals surface area contributed by atoms with Gasteiger partial charge in [0.1, 0.15) is 12.0 Å². The number of hydrogen-bond donors (Lipinski definition) is 1. The molecule has 4 aliphatic heterocycles. The minimum absolute atomic E-state index is 0.0519. The van der Waals surface area contributed by atoms with Crippen LogP contribution in [-0.4, -0.2) is 98.4 Å². The maximum absolute atomic E-state index is 15.0. The van der Waals surface area contributed by atoms with Crippen LogP contribution in [0.25, 0.3) is 0 Å². The van der Waals surface area contributed by atoms with Gasteiger partial charge in [-0.2, -0.15) is 5.26 Å². The molecule has 4 heterocycles. The number of carbonyl (C=O) groups excluding carboxylic acids is 2. The number of ether oxygens (including phenoxy) is 1. The number of carbonyl (C=O) groups is 2. The quantitative estimate of drug-likeness (QED) is 0.378. The van der Waals surface area contributed by atoms with E-state index < -0.39 is 17.8 Å². The number of nitrogens with one attached hydrogen (secondary N) is 1. The molecule has 0 radical (unpaired) electrons. The maximum atomic E-state index is 15.0. The van der Waals surface area contributed by atoms with Crippen molar-refractivity contribution in [2.75, 3.05) is 64.4 Å². The lowest BCUT2D eigenvalue weighted by Gasteiger charge is -2.55. The van der Waals surface area contributed by atoms with E-state index in [1.165, 1.54) is 13.2 Å². The fourth-order valence-corrected chi connectivity index (χ4v) is 9.69. The third-order valence-electron chi connectivity index (χ3n) is 11.9. The Bertz CT molecular complexity index is 1560. The van der Waals surface area contributed by atoms with Crippen molar-refractivity contribution in [1.82, 2.24) is 20.0 Å². The molecule has 1 N–H and O–H groups in total. The SMILES string of the molecule is COC(=O)N[C@H]1CCC[C@@H]1C(c1cccc(F)c1)(C1CCN(CC2CN(c3ccc(C#N)c(CN4CC(F)C4)c3)C2)CC1)N1CCCC1=O. The Balaban J connectivity index is 1.05. The summed E-state index contributed by atoms with van der Waals surface area (Å²) in [5.41, 5.74) is 2.86. The first-order valence-corrected chi connectivity index (χ1v) is 18.1. The lowest BCUT2D eigenvalue weighted by Crippen LogP contribution is -2.62. The van der Waals surface area contributed by atoms with E-state index in [-0.39, 0.29) is 29.6 Å². The summed E-state index contributed by atoms with van der Waals surface area (Å²) in [7, 11) is 1.37. The molecule has 1 aliphatic carbocycles. The Morgan fingerprint density at radius 2 is 1.82 bits per heavy atom. The lowest BCUT2D eigenvalue weighted by molar-refractivity contribution is -0.142. The summed E-state index contributed by atoms with van der Waals surface area (Å²) in [6.07, 6.45) is 4.38. The molecular weight excluding hydrogens is 626 g/mol. The zero-order valence-electron chi connectivity index (χ0n) is 28.5. The molecule has 2 aromatic carbocycles. The van der Waals surface area contributed by atoms with E-state index >= 15 is 4.39 Å². The zero-order valence-corrected chi connectivity index (χ0v) is 28.5. The largest absolute Gasteiger partial charge is 0.453 e. The van der Waals surface area contributed by atoms with Crippen LogP contribution in [0.3, 0.4) is 0 Å². The molecule has 0 spiro atoms. The molecule has 0 aromatic heterocycles. The van der Waals surface area contributed by atoms with Crippen LogP contribution in [0.5, 0.6) is 0 Å². The number of rotatable bonds is 10. The zero-order chi connectivity index (χ0) is 34.1. The van der Waals surface area contributed by atoms with Gasteiger partial charge in [-0.25, -0.2) is 13.6 Å². The number of halogens is 2. The molecule has 1 saturated carbocycles. The number of alkyl halides is 1. The standard InChI is InChI=1S/C38H48F2N6O3/c1-49-37(48)42-35-8-3-7-34(35)38(46-14-4-9-36(46)47,30-5-2-6-31(39)18-30)29-12-15-43(16-13-29)20-26-21-45(22-26)33-11-10-27(19-41)28(17-33)23-44-24-32(40)25-44/h2,5-6,10-11,17-18,26,29,32,34-35H,3-4,7-9,12-16,20-25H2,1H3,(H,42,48)/t34-,35-,38?/m0/s1. The molecule has 0 bridgehead atoms. The van der Waals surface area contributed by atoms with Gasteiger partial charge in [-0.1, -0.05) is 18.6 Å². The Morgan fingerprint density at radius 3 is 2.49 bits per heavy atom. The number of anilines is 1. The van der Waals surface area contributed by atoms with Gasteiger partial charge in [0.15, 0.2) is 0 Å². The molecule has 49 heavy (non-hydrogen) atoms. The second kappa shape index (κ2) is 14.2. The van der Waals surface area contributed by atoms with Gasteiger partial charge in [0, 0.05) is 75.8 Å². The molecule has 11 heteroatoms. The van der Waals surface area contributed by atoms with Crippen molar-refractivity contribution in [2.45, 2.75) is 69.2 Å². The van der Waals surface area contributed by atoms with Gasteiger partial charge < -0.3 is 24.8 Å². The first-order chi connectivity index (χ1) is 23.8. The van der Waals surface area contributed by atoms with Crippen molar-refractivity contribution >= 4 is 17.7 Å². The van der Waals surface area contributed by atoms with Gasteiger partial charge in [0.2, 0.25) is 5.91 Å². The molecular formula is C38H48F2N6O3. The molecule has 1 unspecified atom stereocenters. The van der Waals surface area contributed by atoms with Crippen molar-refractivity contribution in [2.24, 2.45) is 17.8 Å². The lowest BCUT2D eigenvalue weighted by atomic mass is 9.63. The number of amides is 2. The summed E-state index contributed by atoms with van der Waals surface area (Å²) in [5.74, 6) is 0.400. The molecule has 2 amide bonds. The van der Waals surface area contributed by atoms with Gasteiger partial charge in [-0.3, -0.25) is 9.69 Å². The first kappa shape index (κ1) is 33.7. The number of nitrogens with zero attached hydrogens (tertiary/aromatic N) is 5. The highest BCUT2D eigenvalue weighted by atomic mass is 19.1. The van der Waals surface area contributed by atoms with E-state index in [9.17, 15) is 19.2 Å². The highest BCUT2D eigenvalue weighted by Gasteiger charge is 2.57. The van der Waals surface area contributed by atoms with Crippen LogP contribution in [-0.2, 0) is 21.6 Å². The normalized spacial score (nSPS) is 25.5. The minimum atomic E-state index is -0.765. The van der Waals surface area contributed by atoms with E-state index in [1.807, 2.05) is 23.1 Å². The summed E-state index contributed by atoms with van der Waals surface area (Å²) >= 11 is 0. The van der Waals surface area contributed by atoms with Crippen LogP contribution in [0.2, 0.25) is 0 Å². The van der Waals surface area contributed by atoms with Crippen LogP contribution in [0.4, 0.5) is 19.3 Å². The summed E-state index contributed by atoms with van der Waals surface area (Å²) in [5, 5.41) is 12.7. The fraction of sp³-hybridized carbons (Fsp3) is 0.605. The van der Waals surface area contributed by atoms with E-state index in [4.69, 9.17) is 4.74 Å². The molecule has 2 aromatic rings. The van der Waals surface area contributed by atoms with Gasteiger partial charge >= 0.3 is 6.09 Å². The highest BCUT2D eigenvalue weighted by molar-refractivity contribution is 5.79. The first-order valence-electron chi connectivity index (χ1n) is 18.1. The Kier molecular flexibility index (Phi) is 9.80. The van der Waals surface area contributed by atoms with Crippen LogP contribution in [0.1, 0.15) is 61.6 Å². The number of piperidine rings is 1. The number of likely N-dealkylation sites (tertiary alicyclic amines) is 3. The fourth-order valence-electron chi connectivity index (χ4n) is 9.69. The van der Waals surface area contributed by atoms with E-state index in [2.05, 4.69) is 32.2 Å². The summed E-state index contributed by atoms with van der Waals surface area (Å²) in [4.78, 5) is 35.2. The average Bonchev–Trinajstić information content (AvgIpc) is 3.72. The highest BCUT2D eigenvalue weighted by Crippen LogP contribution is 2.54. The van der Waals surface area contributed by atoms with Gasteiger partial charge in [0.05, 0.1) is 24.3 Å².